The zero-order valence-corrected chi connectivity index (χ0v) is 11.5. The number of aryl methyl sites for hydroxylation is 2. The van der Waals surface area contributed by atoms with Crippen molar-refractivity contribution in [2.24, 2.45) is 0 Å². The van der Waals surface area contributed by atoms with Crippen molar-refractivity contribution in [3.05, 3.63) is 39.9 Å². The molecule has 0 aliphatic carbocycles. The highest BCUT2D eigenvalue weighted by Gasteiger charge is 2.07. The topological polar surface area (TPSA) is 46.5 Å². The van der Waals surface area contributed by atoms with Crippen LogP contribution >= 0.6 is 11.6 Å². The van der Waals surface area contributed by atoms with Gasteiger partial charge in [0.25, 0.3) is 0 Å². The number of benzene rings is 1. The molecule has 1 aromatic rings. The zero-order valence-electron chi connectivity index (χ0n) is 10.8. The van der Waals surface area contributed by atoms with E-state index in [4.69, 9.17) is 21.4 Å². The molecule has 0 unspecified atom stereocenters. The van der Waals surface area contributed by atoms with Gasteiger partial charge in [0.05, 0.1) is 0 Å². The van der Waals surface area contributed by atoms with Crippen LogP contribution in [-0.4, -0.2) is 17.7 Å². The van der Waals surface area contributed by atoms with E-state index in [-0.39, 0.29) is 6.61 Å². The fraction of sp³-hybridized carbons (Fsp3) is 0.357. The standard InChI is InChI=1S/C14H17ClO3/c1-4-11(14(16)17)5-6-18-13-9(2)7-12(15)8-10(13)3/h5,7-8H,4,6H2,1-3H3,(H,16,17). The lowest BCUT2D eigenvalue weighted by Crippen LogP contribution is -2.04. The van der Waals surface area contributed by atoms with Gasteiger partial charge in [-0.15, -0.1) is 0 Å². The zero-order chi connectivity index (χ0) is 13.7. The normalized spacial score (nSPS) is 11.4. The monoisotopic (exact) mass is 268 g/mol. The largest absolute Gasteiger partial charge is 0.489 e. The van der Waals surface area contributed by atoms with Crippen LogP contribution in [0.1, 0.15) is 24.5 Å². The first-order valence-corrected chi connectivity index (χ1v) is 6.15. The molecule has 3 nitrogen and oxygen atoms in total. The first kappa shape index (κ1) is 14.6. The summed E-state index contributed by atoms with van der Waals surface area (Å²) in [4.78, 5) is 10.8. The third-order valence-corrected chi connectivity index (χ3v) is 2.86. The molecule has 1 rings (SSSR count). The Hall–Kier alpha value is -1.48. The van der Waals surface area contributed by atoms with Crippen molar-refractivity contribution in [2.45, 2.75) is 27.2 Å². The SMILES string of the molecule is CCC(=CCOc1c(C)cc(Cl)cc1C)C(=O)O. The number of aliphatic carboxylic acids is 1. The van der Waals surface area contributed by atoms with E-state index in [2.05, 4.69) is 0 Å². The quantitative estimate of drug-likeness (QED) is 0.827. The molecule has 0 amide bonds. The van der Waals surface area contributed by atoms with E-state index in [0.29, 0.717) is 17.0 Å². The van der Waals surface area contributed by atoms with E-state index in [1.807, 2.05) is 26.0 Å². The van der Waals surface area contributed by atoms with Crippen LogP contribution in [0.4, 0.5) is 0 Å². The van der Waals surface area contributed by atoms with Crippen LogP contribution in [-0.2, 0) is 4.79 Å². The number of rotatable bonds is 5. The molecule has 0 aliphatic heterocycles. The van der Waals surface area contributed by atoms with Crippen molar-refractivity contribution in [1.29, 1.82) is 0 Å². The van der Waals surface area contributed by atoms with Gasteiger partial charge in [0.2, 0.25) is 0 Å². The second kappa shape index (κ2) is 6.45. The lowest BCUT2D eigenvalue weighted by atomic mass is 10.1. The Bertz CT molecular complexity index is 455. The maximum absolute atomic E-state index is 10.8. The van der Waals surface area contributed by atoms with Crippen LogP contribution in [0.2, 0.25) is 5.02 Å². The molecule has 18 heavy (non-hydrogen) atoms. The molecular formula is C14H17ClO3. The number of carboxylic acid groups (broad SMARTS) is 1. The van der Waals surface area contributed by atoms with Gasteiger partial charge in [-0.25, -0.2) is 4.79 Å². The maximum atomic E-state index is 10.8. The molecule has 0 spiro atoms. The Kier molecular flexibility index (Phi) is 5.23. The van der Waals surface area contributed by atoms with E-state index in [9.17, 15) is 4.79 Å². The Morgan fingerprint density at radius 2 is 1.94 bits per heavy atom. The summed E-state index contributed by atoms with van der Waals surface area (Å²) in [7, 11) is 0. The summed E-state index contributed by atoms with van der Waals surface area (Å²) < 4.78 is 5.61. The van der Waals surface area contributed by atoms with Gasteiger partial charge in [-0.05, 0) is 49.6 Å². The van der Waals surface area contributed by atoms with Crippen molar-refractivity contribution in [3.8, 4) is 5.75 Å². The van der Waals surface area contributed by atoms with E-state index >= 15 is 0 Å². The molecule has 0 aliphatic rings. The minimum Gasteiger partial charge on any atom is -0.489 e. The van der Waals surface area contributed by atoms with E-state index in [0.717, 1.165) is 16.9 Å². The predicted molar refractivity (Wildman–Crippen MR) is 72.4 cm³/mol. The van der Waals surface area contributed by atoms with Gasteiger partial charge in [-0.1, -0.05) is 18.5 Å². The van der Waals surface area contributed by atoms with E-state index in [1.165, 1.54) is 0 Å². The lowest BCUT2D eigenvalue weighted by Gasteiger charge is -2.11. The second-order valence-electron chi connectivity index (χ2n) is 4.07. The number of carboxylic acids is 1. The van der Waals surface area contributed by atoms with Crippen LogP contribution < -0.4 is 4.74 Å². The maximum Gasteiger partial charge on any atom is 0.331 e. The summed E-state index contributed by atoms with van der Waals surface area (Å²) in [5.74, 6) is -0.137. The molecule has 4 heteroatoms. The Balaban J connectivity index is 2.78. The number of carbonyl (C=O) groups is 1. The third kappa shape index (κ3) is 3.77. The molecule has 1 N–H and O–H groups in total. The molecule has 0 radical (unpaired) electrons. The second-order valence-corrected chi connectivity index (χ2v) is 4.50. The summed E-state index contributed by atoms with van der Waals surface area (Å²) >= 11 is 5.93. The van der Waals surface area contributed by atoms with Crippen molar-refractivity contribution in [2.75, 3.05) is 6.61 Å². The smallest absolute Gasteiger partial charge is 0.331 e. The summed E-state index contributed by atoms with van der Waals surface area (Å²) in [6.07, 6.45) is 2.08. The van der Waals surface area contributed by atoms with Gasteiger partial charge >= 0.3 is 5.97 Å². The summed E-state index contributed by atoms with van der Waals surface area (Å²) in [5, 5.41) is 9.55. The van der Waals surface area contributed by atoms with Crippen molar-refractivity contribution in [1.82, 2.24) is 0 Å². The minimum absolute atomic E-state index is 0.249. The molecule has 0 bridgehead atoms. The van der Waals surface area contributed by atoms with E-state index < -0.39 is 5.97 Å². The number of hydrogen-bond donors (Lipinski definition) is 1. The molecule has 0 aromatic heterocycles. The Morgan fingerprint density at radius 3 is 2.39 bits per heavy atom. The van der Waals surface area contributed by atoms with Gasteiger partial charge < -0.3 is 9.84 Å². The highest BCUT2D eigenvalue weighted by Crippen LogP contribution is 2.27. The predicted octanol–water partition coefficient (Wildman–Crippen LogP) is 3.76. The molecule has 0 saturated heterocycles. The Labute approximate surface area is 112 Å². The molecule has 0 saturated carbocycles. The fourth-order valence-corrected chi connectivity index (χ4v) is 2.06. The van der Waals surface area contributed by atoms with Crippen LogP contribution in [0.15, 0.2) is 23.8 Å². The van der Waals surface area contributed by atoms with Gasteiger partial charge in [0.1, 0.15) is 12.4 Å². The minimum atomic E-state index is -0.898. The van der Waals surface area contributed by atoms with Crippen molar-refractivity contribution >= 4 is 17.6 Å². The molecule has 98 valence electrons. The van der Waals surface area contributed by atoms with Crippen LogP contribution in [0, 0.1) is 13.8 Å². The molecule has 0 fully saturated rings. The van der Waals surface area contributed by atoms with Crippen molar-refractivity contribution < 1.29 is 14.6 Å². The van der Waals surface area contributed by atoms with E-state index in [1.54, 1.807) is 13.0 Å². The number of ether oxygens (including phenoxy) is 1. The first-order valence-electron chi connectivity index (χ1n) is 5.77. The summed E-state index contributed by atoms with van der Waals surface area (Å²) in [5.41, 5.74) is 2.25. The molecular weight excluding hydrogens is 252 g/mol. The van der Waals surface area contributed by atoms with Crippen LogP contribution in [0.25, 0.3) is 0 Å². The van der Waals surface area contributed by atoms with Gasteiger partial charge in [-0.2, -0.15) is 0 Å². The highest BCUT2D eigenvalue weighted by atomic mass is 35.5. The molecule has 1 aromatic carbocycles. The summed E-state index contributed by atoms with van der Waals surface area (Å²) in [6, 6.07) is 3.65. The number of halogens is 1. The third-order valence-electron chi connectivity index (χ3n) is 2.64. The number of hydrogen-bond acceptors (Lipinski definition) is 2. The lowest BCUT2D eigenvalue weighted by molar-refractivity contribution is -0.132. The average molecular weight is 269 g/mol. The van der Waals surface area contributed by atoms with Gasteiger partial charge in [0, 0.05) is 10.6 Å². The van der Waals surface area contributed by atoms with Crippen molar-refractivity contribution in [3.63, 3.8) is 0 Å². The average Bonchev–Trinajstić information content (AvgIpc) is 2.26. The highest BCUT2D eigenvalue weighted by molar-refractivity contribution is 6.30. The van der Waals surface area contributed by atoms with Gasteiger partial charge in [-0.3, -0.25) is 0 Å². The molecule has 0 atom stereocenters. The summed E-state index contributed by atoms with van der Waals surface area (Å²) in [6.45, 7) is 5.88. The Morgan fingerprint density at radius 1 is 1.39 bits per heavy atom. The molecule has 0 heterocycles. The van der Waals surface area contributed by atoms with Gasteiger partial charge in [0.15, 0.2) is 0 Å². The van der Waals surface area contributed by atoms with Crippen LogP contribution in [0.3, 0.4) is 0 Å². The fourth-order valence-electron chi connectivity index (χ4n) is 1.73. The first-order chi connectivity index (χ1) is 8.45. The van der Waals surface area contributed by atoms with Crippen LogP contribution in [0.5, 0.6) is 5.75 Å².